The summed E-state index contributed by atoms with van der Waals surface area (Å²) in [6.45, 7) is 7.08. The van der Waals surface area contributed by atoms with Crippen molar-refractivity contribution >= 4 is 11.9 Å². The maximum atomic E-state index is 11.7. The third-order valence-electron chi connectivity index (χ3n) is 4.55. The van der Waals surface area contributed by atoms with Gasteiger partial charge in [0.1, 0.15) is 0 Å². The highest BCUT2D eigenvalue weighted by Gasteiger charge is 2.27. The van der Waals surface area contributed by atoms with Gasteiger partial charge in [-0.2, -0.15) is 0 Å². The Morgan fingerprint density at radius 3 is 2.74 bits per heavy atom. The third kappa shape index (κ3) is 5.99. The molecule has 0 saturated carbocycles. The normalized spacial score (nSPS) is 22.6. The van der Waals surface area contributed by atoms with Crippen molar-refractivity contribution in [3.8, 4) is 0 Å². The highest BCUT2D eigenvalue weighted by atomic mass is 16.5. The molecule has 2 fully saturated rings. The van der Waals surface area contributed by atoms with Gasteiger partial charge in [0.05, 0.1) is 13.2 Å². The first-order valence-electron chi connectivity index (χ1n) is 8.66. The Morgan fingerprint density at radius 1 is 1.26 bits per heavy atom. The minimum absolute atomic E-state index is 0.0315. The van der Waals surface area contributed by atoms with Gasteiger partial charge in [-0.1, -0.05) is 0 Å². The molecule has 7 heteroatoms. The zero-order chi connectivity index (χ0) is 16.5. The van der Waals surface area contributed by atoms with E-state index in [1.807, 2.05) is 0 Å². The molecule has 23 heavy (non-hydrogen) atoms. The van der Waals surface area contributed by atoms with E-state index in [0.29, 0.717) is 19.1 Å². The average molecular weight is 325 g/mol. The largest absolute Gasteiger partial charge is 0.383 e. The molecule has 2 aliphatic rings. The van der Waals surface area contributed by atoms with Crippen LogP contribution in [0.2, 0.25) is 0 Å². The SMILES string of the molecule is CN=C(NCC(=O)NCCOC)N1CCC(CN2CCCC2)C1. The van der Waals surface area contributed by atoms with Crippen molar-refractivity contribution in [2.45, 2.75) is 19.3 Å². The van der Waals surface area contributed by atoms with E-state index in [1.165, 1.54) is 38.9 Å². The molecular formula is C16H31N5O2. The second-order valence-corrected chi connectivity index (χ2v) is 6.35. The molecule has 2 N–H and O–H groups in total. The van der Waals surface area contributed by atoms with Gasteiger partial charge in [-0.15, -0.1) is 0 Å². The van der Waals surface area contributed by atoms with E-state index in [-0.39, 0.29) is 12.5 Å². The van der Waals surface area contributed by atoms with Crippen LogP contribution < -0.4 is 10.6 Å². The van der Waals surface area contributed by atoms with E-state index >= 15 is 0 Å². The fourth-order valence-electron chi connectivity index (χ4n) is 3.35. The number of amides is 1. The molecule has 1 amide bonds. The Bertz CT molecular complexity index is 396. The van der Waals surface area contributed by atoms with Gasteiger partial charge in [-0.05, 0) is 38.3 Å². The molecule has 1 atom stereocenters. The molecule has 1 unspecified atom stereocenters. The predicted molar refractivity (Wildman–Crippen MR) is 91.6 cm³/mol. The number of nitrogens with one attached hydrogen (secondary N) is 2. The Morgan fingerprint density at radius 2 is 2.04 bits per heavy atom. The molecule has 2 saturated heterocycles. The maximum absolute atomic E-state index is 11.7. The van der Waals surface area contributed by atoms with Crippen LogP contribution in [0.25, 0.3) is 0 Å². The molecule has 0 aromatic heterocycles. The van der Waals surface area contributed by atoms with Gasteiger partial charge >= 0.3 is 0 Å². The number of ether oxygens (including phenoxy) is 1. The third-order valence-corrected chi connectivity index (χ3v) is 4.55. The van der Waals surface area contributed by atoms with E-state index in [1.54, 1.807) is 14.2 Å². The zero-order valence-electron chi connectivity index (χ0n) is 14.5. The van der Waals surface area contributed by atoms with Gasteiger partial charge < -0.3 is 25.2 Å². The Balaban J connectivity index is 1.68. The number of carbonyl (C=O) groups excluding carboxylic acids is 1. The number of methoxy groups -OCH3 is 1. The summed E-state index contributed by atoms with van der Waals surface area (Å²) >= 11 is 0. The summed E-state index contributed by atoms with van der Waals surface area (Å²) in [4.78, 5) is 20.9. The van der Waals surface area contributed by atoms with Gasteiger partial charge in [0.2, 0.25) is 5.91 Å². The molecule has 0 radical (unpaired) electrons. The van der Waals surface area contributed by atoms with Gasteiger partial charge in [0.15, 0.2) is 5.96 Å². The van der Waals surface area contributed by atoms with Crippen molar-refractivity contribution in [1.82, 2.24) is 20.4 Å². The number of nitrogens with zero attached hydrogens (tertiary/aromatic N) is 3. The second kappa shape index (κ2) is 9.72. The summed E-state index contributed by atoms with van der Waals surface area (Å²) in [5.41, 5.74) is 0. The molecule has 132 valence electrons. The molecular weight excluding hydrogens is 294 g/mol. The lowest BCUT2D eigenvalue weighted by atomic mass is 10.1. The first-order valence-corrected chi connectivity index (χ1v) is 8.66. The average Bonchev–Trinajstić information content (AvgIpc) is 3.21. The molecule has 0 bridgehead atoms. The fourth-order valence-corrected chi connectivity index (χ4v) is 3.35. The summed E-state index contributed by atoms with van der Waals surface area (Å²) in [6.07, 6.45) is 3.90. The monoisotopic (exact) mass is 325 g/mol. The van der Waals surface area contributed by atoms with E-state index in [0.717, 1.165) is 19.0 Å². The van der Waals surface area contributed by atoms with Crippen molar-refractivity contribution in [2.75, 3.05) is 66.6 Å². The van der Waals surface area contributed by atoms with Crippen LogP contribution in [0.15, 0.2) is 4.99 Å². The topological polar surface area (TPSA) is 69.2 Å². The second-order valence-electron chi connectivity index (χ2n) is 6.35. The lowest BCUT2D eigenvalue weighted by Crippen LogP contribution is -2.45. The van der Waals surface area contributed by atoms with Crippen LogP contribution in [-0.2, 0) is 9.53 Å². The summed E-state index contributed by atoms with van der Waals surface area (Å²) < 4.78 is 4.92. The van der Waals surface area contributed by atoms with E-state index in [4.69, 9.17) is 4.74 Å². The smallest absolute Gasteiger partial charge is 0.239 e. The van der Waals surface area contributed by atoms with Crippen molar-refractivity contribution in [2.24, 2.45) is 10.9 Å². The summed E-state index contributed by atoms with van der Waals surface area (Å²) in [5.74, 6) is 1.51. The lowest BCUT2D eigenvalue weighted by Gasteiger charge is -2.23. The minimum atomic E-state index is -0.0315. The molecule has 0 spiro atoms. The van der Waals surface area contributed by atoms with Crippen LogP contribution in [0.1, 0.15) is 19.3 Å². The van der Waals surface area contributed by atoms with Gasteiger partial charge in [-0.3, -0.25) is 9.79 Å². The van der Waals surface area contributed by atoms with Crippen molar-refractivity contribution < 1.29 is 9.53 Å². The van der Waals surface area contributed by atoms with E-state index in [2.05, 4.69) is 25.4 Å². The number of hydrogen-bond donors (Lipinski definition) is 2. The predicted octanol–water partition coefficient (Wildman–Crippen LogP) is -0.258. The number of rotatable bonds is 7. The summed E-state index contributed by atoms with van der Waals surface area (Å²) in [7, 11) is 3.40. The molecule has 0 aromatic rings. The van der Waals surface area contributed by atoms with Crippen LogP contribution in [0.3, 0.4) is 0 Å². The summed E-state index contributed by atoms with van der Waals surface area (Å²) in [5, 5.41) is 5.97. The Hall–Kier alpha value is -1.34. The highest BCUT2D eigenvalue weighted by molar-refractivity contribution is 5.86. The fraction of sp³-hybridized carbons (Fsp3) is 0.875. The maximum Gasteiger partial charge on any atom is 0.239 e. The standard InChI is InChI=1S/C16H31N5O2/c1-17-16(19-11-15(22)18-6-10-23-2)21-9-5-14(13-21)12-20-7-3-4-8-20/h14H,3-13H2,1-2H3,(H,17,19)(H,18,22). The molecule has 2 heterocycles. The van der Waals surface area contributed by atoms with Gasteiger partial charge in [0, 0.05) is 40.3 Å². The number of carbonyl (C=O) groups is 1. The van der Waals surface area contributed by atoms with Crippen LogP contribution in [0.5, 0.6) is 0 Å². The van der Waals surface area contributed by atoms with Crippen LogP contribution in [0.4, 0.5) is 0 Å². The first kappa shape index (κ1) is 18.0. The van der Waals surface area contributed by atoms with E-state index in [9.17, 15) is 4.79 Å². The van der Waals surface area contributed by atoms with Crippen LogP contribution in [0, 0.1) is 5.92 Å². The van der Waals surface area contributed by atoms with E-state index < -0.39 is 0 Å². The lowest BCUT2D eigenvalue weighted by molar-refractivity contribution is -0.120. The number of guanidine groups is 1. The zero-order valence-corrected chi connectivity index (χ0v) is 14.5. The molecule has 0 aromatic carbocycles. The van der Waals surface area contributed by atoms with Crippen LogP contribution >= 0.6 is 0 Å². The molecule has 0 aliphatic carbocycles. The number of hydrogen-bond acceptors (Lipinski definition) is 4. The first-order chi connectivity index (χ1) is 11.2. The number of likely N-dealkylation sites (tertiary alicyclic amines) is 2. The molecule has 2 rings (SSSR count). The van der Waals surface area contributed by atoms with Crippen molar-refractivity contribution in [1.29, 1.82) is 0 Å². The molecule has 7 nitrogen and oxygen atoms in total. The summed E-state index contributed by atoms with van der Waals surface area (Å²) in [6, 6.07) is 0. The number of aliphatic imine (C=N–C) groups is 1. The highest BCUT2D eigenvalue weighted by Crippen LogP contribution is 2.19. The molecule has 2 aliphatic heterocycles. The van der Waals surface area contributed by atoms with Crippen molar-refractivity contribution in [3.05, 3.63) is 0 Å². The quantitative estimate of drug-likeness (QED) is 0.383. The minimum Gasteiger partial charge on any atom is -0.383 e. The Kier molecular flexibility index (Phi) is 7.61. The Labute approximate surface area is 139 Å². The van der Waals surface area contributed by atoms with Crippen molar-refractivity contribution in [3.63, 3.8) is 0 Å². The van der Waals surface area contributed by atoms with Gasteiger partial charge in [0.25, 0.3) is 0 Å². The van der Waals surface area contributed by atoms with Gasteiger partial charge in [-0.25, -0.2) is 0 Å². The van der Waals surface area contributed by atoms with Crippen LogP contribution in [-0.4, -0.2) is 88.2 Å².